The Bertz CT molecular complexity index is 523. The number of alkyl halides is 3. The van der Waals surface area contributed by atoms with E-state index in [1.807, 2.05) is 0 Å². The average Bonchev–Trinajstić information content (AvgIpc) is 2.28. The number of aliphatic imine (C=N–C) groups is 2. The van der Waals surface area contributed by atoms with Crippen molar-refractivity contribution in [2.24, 2.45) is 21.5 Å². The molecule has 0 spiro atoms. The van der Waals surface area contributed by atoms with Gasteiger partial charge in [0.25, 0.3) is 0 Å². The first kappa shape index (κ1) is 12.3. The molecule has 2 heterocycles. The predicted molar refractivity (Wildman–Crippen MR) is 58.4 cm³/mol. The fraction of sp³-hybridized carbons (Fsp3) is 0.222. The normalized spacial score (nSPS) is 23.4. The largest absolute Gasteiger partial charge is 0.417 e. The van der Waals surface area contributed by atoms with E-state index in [4.69, 9.17) is 11.5 Å². The summed E-state index contributed by atoms with van der Waals surface area (Å²) in [7, 11) is 0. The van der Waals surface area contributed by atoms with Gasteiger partial charge in [0.15, 0.2) is 5.96 Å². The topological polar surface area (TPSA) is 102 Å². The highest BCUT2D eigenvalue weighted by Gasteiger charge is 2.34. The molecule has 18 heavy (non-hydrogen) atoms. The van der Waals surface area contributed by atoms with Crippen LogP contribution in [0.15, 0.2) is 28.4 Å². The monoisotopic (exact) mass is 258 g/mol. The van der Waals surface area contributed by atoms with Crippen molar-refractivity contribution in [2.75, 3.05) is 0 Å². The molecule has 96 valence electrons. The van der Waals surface area contributed by atoms with Crippen molar-refractivity contribution in [1.82, 2.24) is 10.3 Å². The quantitative estimate of drug-likeness (QED) is 0.665. The summed E-state index contributed by atoms with van der Waals surface area (Å²) >= 11 is 0. The molecule has 1 aromatic heterocycles. The van der Waals surface area contributed by atoms with E-state index in [9.17, 15) is 13.2 Å². The van der Waals surface area contributed by atoms with Crippen LogP contribution in [-0.2, 0) is 12.0 Å². The molecule has 5 N–H and O–H groups in total. The summed E-state index contributed by atoms with van der Waals surface area (Å²) in [6.45, 7) is 0. The predicted octanol–water partition coefficient (Wildman–Crippen LogP) is 0.116. The number of halogens is 3. The Morgan fingerprint density at radius 2 is 2.00 bits per heavy atom. The Morgan fingerprint density at radius 3 is 2.61 bits per heavy atom. The molecule has 0 saturated heterocycles. The van der Waals surface area contributed by atoms with Crippen molar-refractivity contribution in [3.8, 4) is 0 Å². The van der Waals surface area contributed by atoms with E-state index >= 15 is 0 Å². The van der Waals surface area contributed by atoms with Crippen LogP contribution in [0.4, 0.5) is 13.2 Å². The molecular formula is C9H9F3N6. The van der Waals surface area contributed by atoms with Crippen molar-refractivity contribution in [3.63, 3.8) is 0 Å². The number of guanidine groups is 1. The van der Waals surface area contributed by atoms with E-state index in [0.29, 0.717) is 6.20 Å². The van der Waals surface area contributed by atoms with E-state index in [0.717, 1.165) is 12.3 Å². The minimum atomic E-state index is -4.51. The minimum Gasteiger partial charge on any atom is -0.370 e. The molecule has 1 atom stereocenters. The highest BCUT2D eigenvalue weighted by atomic mass is 19.4. The highest BCUT2D eigenvalue weighted by molar-refractivity contribution is 5.90. The average molecular weight is 258 g/mol. The zero-order chi connectivity index (χ0) is 13.4. The lowest BCUT2D eigenvalue weighted by molar-refractivity contribution is -0.137. The van der Waals surface area contributed by atoms with Gasteiger partial charge in [0.05, 0.1) is 11.9 Å². The molecule has 0 aliphatic carbocycles. The molecule has 1 aliphatic rings. The van der Waals surface area contributed by atoms with Crippen LogP contribution in [0.2, 0.25) is 0 Å². The van der Waals surface area contributed by atoms with E-state index in [-0.39, 0.29) is 11.5 Å². The summed E-state index contributed by atoms with van der Waals surface area (Å²) in [5.74, 6) is -1.73. The van der Waals surface area contributed by atoms with Gasteiger partial charge in [-0.2, -0.15) is 13.2 Å². The molecular weight excluding hydrogens is 249 g/mol. The van der Waals surface area contributed by atoms with Crippen LogP contribution < -0.4 is 16.8 Å². The first-order valence-electron chi connectivity index (χ1n) is 4.78. The van der Waals surface area contributed by atoms with Crippen LogP contribution in [0.3, 0.4) is 0 Å². The molecule has 1 unspecified atom stereocenters. The zero-order valence-electron chi connectivity index (χ0n) is 8.94. The molecule has 6 nitrogen and oxygen atoms in total. The highest BCUT2D eigenvalue weighted by Crippen LogP contribution is 2.31. The summed E-state index contributed by atoms with van der Waals surface area (Å²) in [6.07, 6.45) is -1.48. The standard InChI is InChI=1S/C9H9F3N6/c10-8(11,12)5-1-6(3-15-2-5)9(14)17-4-16-7(13)18-9/h1-4H,14H2,(H3,13,16,17,18). The number of aromatic nitrogens is 1. The maximum atomic E-state index is 12.5. The maximum absolute atomic E-state index is 12.5. The van der Waals surface area contributed by atoms with Crippen LogP contribution in [0.25, 0.3) is 0 Å². The molecule has 0 aromatic carbocycles. The van der Waals surface area contributed by atoms with E-state index in [1.54, 1.807) is 0 Å². The van der Waals surface area contributed by atoms with E-state index < -0.39 is 17.5 Å². The maximum Gasteiger partial charge on any atom is 0.417 e. The molecule has 0 saturated carbocycles. The van der Waals surface area contributed by atoms with E-state index in [1.165, 1.54) is 6.34 Å². The van der Waals surface area contributed by atoms with Gasteiger partial charge < -0.3 is 11.1 Å². The third-order valence-electron chi connectivity index (χ3n) is 2.26. The van der Waals surface area contributed by atoms with Gasteiger partial charge in [0.2, 0.25) is 5.79 Å². The van der Waals surface area contributed by atoms with Gasteiger partial charge in [-0.05, 0) is 6.07 Å². The van der Waals surface area contributed by atoms with Crippen molar-refractivity contribution < 1.29 is 13.2 Å². The van der Waals surface area contributed by atoms with E-state index in [2.05, 4.69) is 20.3 Å². The van der Waals surface area contributed by atoms with Gasteiger partial charge in [-0.15, -0.1) is 0 Å². The second-order valence-corrected chi connectivity index (χ2v) is 3.59. The Kier molecular flexibility index (Phi) is 2.70. The fourth-order valence-electron chi connectivity index (χ4n) is 1.38. The molecule has 2 rings (SSSR count). The zero-order valence-corrected chi connectivity index (χ0v) is 8.94. The molecule has 1 aliphatic heterocycles. The molecule has 0 bridgehead atoms. The van der Waals surface area contributed by atoms with Gasteiger partial charge >= 0.3 is 6.18 Å². The Balaban J connectivity index is 2.46. The Morgan fingerprint density at radius 1 is 1.28 bits per heavy atom. The fourth-order valence-corrected chi connectivity index (χ4v) is 1.38. The summed E-state index contributed by atoms with van der Waals surface area (Å²) in [6, 6.07) is 0.840. The molecule has 0 fully saturated rings. The van der Waals surface area contributed by atoms with Crippen molar-refractivity contribution >= 4 is 12.3 Å². The number of nitrogens with two attached hydrogens (primary N) is 2. The summed E-state index contributed by atoms with van der Waals surface area (Å²) < 4.78 is 37.6. The van der Waals surface area contributed by atoms with Crippen LogP contribution in [0.5, 0.6) is 0 Å². The second-order valence-electron chi connectivity index (χ2n) is 3.59. The Hall–Kier alpha value is -2.16. The lowest BCUT2D eigenvalue weighted by Crippen LogP contribution is -2.44. The smallest absolute Gasteiger partial charge is 0.370 e. The molecule has 1 aromatic rings. The number of hydrogen-bond donors (Lipinski definition) is 3. The van der Waals surface area contributed by atoms with Crippen molar-refractivity contribution in [2.45, 2.75) is 12.0 Å². The molecule has 0 amide bonds. The van der Waals surface area contributed by atoms with Gasteiger partial charge in [-0.3, -0.25) is 10.7 Å². The number of nitrogens with zero attached hydrogens (tertiary/aromatic N) is 3. The van der Waals surface area contributed by atoms with Gasteiger partial charge in [0, 0.05) is 18.0 Å². The summed E-state index contributed by atoms with van der Waals surface area (Å²) in [5, 5.41) is 2.47. The number of pyridine rings is 1. The summed E-state index contributed by atoms with van der Waals surface area (Å²) in [5.41, 5.74) is 10.2. The summed E-state index contributed by atoms with van der Waals surface area (Å²) in [4.78, 5) is 11.0. The molecule has 9 heteroatoms. The third-order valence-corrected chi connectivity index (χ3v) is 2.26. The van der Waals surface area contributed by atoms with Crippen LogP contribution >= 0.6 is 0 Å². The van der Waals surface area contributed by atoms with Crippen LogP contribution in [-0.4, -0.2) is 17.3 Å². The van der Waals surface area contributed by atoms with Crippen LogP contribution in [0.1, 0.15) is 11.1 Å². The van der Waals surface area contributed by atoms with Crippen LogP contribution in [0, 0.1) is 0 Å². The van der Waals surface area contributed by atoms with Gasteiger partial charge in [0.1, 0.15) is 0 Å². The first-order valence-corrected chi connectivity index (χ1v) is 4.78. The lowest BCUT2D eigenvalue weighted by Gasteiger charge is -2.24. The minimum absolute atomic E-state index is 0.00183. The van der Waals surface area contributed by atoms with Gasteiger partial charge in [-0.1, -0.05) is 0 Å². The number of rotatable bonds is 1. The number of hydrogen-bond acceptors (Lipinski definition) is 6. The van der Waals surface area contributed by atoms with Gasteiger partial charge in [-0.25, -0.2) is 9.98 Å². The first-order chi connectivity index (χ1) is 8.31. The van der Waals surface area contributed by atoms with Crippen molar-refractivity contribution in [3.05, 3.63) is 29.6 Å². The Labute approximate surface area is 99.6 Å². The second kappa shape index (κ2) is 3.95. The third kappa shape index (κ3) is 2.25. The lowest BCUT2D eigenvalue weighted by atomic mass is 10.1. The number of nitrogens with one attached hydrogen (secondary N) is 1. The van der Waals surface area contributed by atoms with Crippen molar-refractivity contribution in [1.29, 1.82) is 0 Å². The SMILES string of the molecule is NC1=NC(N)(c2cncc(C(F)(F)F)c2)N=CN1. The molecule has 0 radical (unpaired) electrons.